The summed E-state index contributed by atoms with van der Waals surface area (Å²) in [5.74, 6) is -0.733. The molecule has 2 N–H and O–H groups in total. The first-order chi connectivity index (χ1) is 14.0. The van der Waals surface area contributed by atoms with Gasteiger partial charge in [-0.05, 0) is 44.4 Å². The van der Waals surface area contributed by atoms with Gasteiger partial charge in [-0.1, -0.05) is 54.5 Å². The second kappa shape index (κ2) is 10.6. The summed E-state index contributed by atoms with van der Waals surface area (Å²) in [7, 11) is 0. The van der Waals surface area contributed by atoms with Crippen molar-refractivity contribution < 1.29 is 14.3 Å². The van der Waals surface area contributed by atoms with Crippen LogP contribution in [0.5, 0.6) is 0 Å². The molecule has 1 aliphatic carbocycles. The lowest BCUT2D eigenvalue weighted by Gasteiger charge is -2.21. The Morgan fingerprint density at radius 1 is 1.28 bits per heavy atom. The van der Waals surface area contributed by atoms with Crippen LogP contribution in [0.4, 0.5) is 10.8 Å². The fourth-order valence-corrected chi connectivity index (χ4v) is 4.73. The van der Waals surface area contributed by atoms with Crippen molar-refractivity contribution in [3.63, 3.8) is 0 Å². The number of aryl methyl sites for hydroxylation is 1. The lowest BCUT2D eigenvalue weighted by atomic mass is 9.96. The number of esters is 1. The van der Waals surface area contributed by atoms with E-state index in [1.165, 1.54) is 42.4 Å². The highest BCUT2D eigenvalue weighted by atomic mass is 32.2. The minimum Gasteiger partial charge on any atom is -0.452 e. The molecule has 0 spiro atoms. The predicted octanol–water partition coefficient (Wildman–Crippen LogP) is 4.25. The van der Waals surface area contributed by atoms with Gasteiger partial charge in [0.25, 0.3) is 5.91 Å². The molecule has 0 aliphatic heterocycles. The zero-order chi connectivity index (χ0) is 20.6. The zero-order valence-corrected chi connectivity index (χ0v) is 18.3. The normalized spacial score (nSPS) is 15.5. The van der Waals surface area contributed by atoms with Gasteiger partial charge in [0, 0.05) is 11.7 Å². The van der Waals surface area contributed by atoms with Gasteiger partial charge in [0.15, 0.2) is 10.4 Å². The number of amides is 1. The lowest BCUT2D eigenvalue weighted by Crippen LogP contribution is -2.30. The molecule has 29 heavy (non-hydrogen) atoms. The van der Waals surface area contributed by atoms with E-state index in [9.17, 15) is 9.59 Å². The maximum absolute atomic E-state index is 12.2. The molecule has 2 aromatic rings. The largest absolute Gasteiger partial charge is 0.452 e. The molecular weight excluding hydrogens is 408 g/mol. The number of hydrogen-bond donors (Lipinski definition) is 2. The van der Waals surface area contributed by atoms with Gasteiger partial charge in [0.2, 0.25) is 5.13 Å². The molecule has 1 amide bonds. The first-order valence-electron chi connectivity index (χ1n) is 9.79. The molecule has 0 bridgehead atoms. The van der Waals surface area contributed by atoms with Gasteiger partial charge >= 0.3 is 5.97 Å². The number of rotatable bonds is 8. The molecule has 7 nitrogen and oxygen atoms in total. The number of ether oxygens (including phenoxy) is 1. The summed E-state index contributed by atoms with van der Waals surface area (Å²) in [4.78, 5) is 24.3. The Balaban J connectivity index is 1.40. The van der Waals surface area contributed by atoms with Crippen molar-refractivity contribution >= 4 is 45.8 Å². The monoisotopic (exact) mass is 434 g/mol. The van der Waals surface area contributed by atoms with Crippen molar-refractivity contribution in [3.05, 3.63) is 29.8 Å². The molecule has 9 heteroatoms. The Bertz CT molecular complexity index is 837. The summed E-state index contributed by atoms with van der Waals surface area (Å²) in [6.07, 6.45) is 5.26. The Morgan fingerprint density at radius 3 is 2.83 bits per heavy atom. The number of anilines is 2. The Hall–Kier alpha value is -2.13. The molecule has 3 rings (SSSR count). The molecule has 1 atom stereocenters. The molecule has 156 valence electrons. The van der Waals surface area contributed by atoms with E-state index in [4.69, 9.17) is 4.74 Å². The zero-order valence-electron chi connectivity index (χ0n) is 16.6. The van der Waals surface area contributed by atoms with Crippen molar-refractivity contribution in [2.24, 2.45) is 0 Å². The van der Waals surface area contributed by atoms with Gasteiger partial charge in [0.1, 0.15) is 0 Å². The molecule has 0 saturated heterocycles. The van der Waals surface area contributed by atoms with Crippen LogP contribution < -0.4 is 10.6 Å². The Kier molecular flexibility index (Phi) is 7.88. The highest BCUT2D eigenvalue weighted by Crippen LogP contribution is 2.28. The summed E-state index contributed by atoms with van der Waals surface area (Å²) >= 11 is 2.71. The summed E-state index contributed by atoms with van der Waals surface area (Å²) in [6, 6.07) is 7.92. The molecule has 1 unspecified atom stereocenters. The van der Waals surface area contributed by atoms with Crippen molar-refractivity contribution in [3.8, 4) is 0 Å². The van der Waals surface area contributed by atoms with Gasteiger partial charge < -0.3 is 15.4 Å². The predicted molar refractivity (Wildman–Crippen MR) is 116 cm³/mol. The molecular formula is C20H26N4O3S2. The van der Waals surface area contributed by atoms with E-state index in [1.807, 2.05) is 25.1 Å². The second-order valence-electron chi connectivity index (χ2n) is 7.13. The molecule has 0 radical (unpaired) electrons. The van der Waals surface area contributed by atoms with Gasteiger partial charge in [-0.3, -0.25) is 9.59 Å². The maximum atomic E-state index is 12.2. The first kappa shape index (κ1) is 21.6. The number of carbonyl (C=O) groups excluding carboxylic acids is 2. The third kappa shape index (κ3) is 7.01. The van der Waals surface area contributed by atoms with Crippen LogP contribution >= 0.6 is 23.1 Å². The van der Waals surface area contributed by atoms with Crippen LogP contribution in [0, 0.1) is 6.92 Å². The van der Waals surface area contributed by atoms with Crippen molar-refractivity contribution in [2.45, 2.75) is 62.4 Å². The first-order valence-corrected chi connectivity index (χ1v) is 11.6. The number of nitrogens with one attached hydrogen (secondary N) is 2. The van der Waals surface area contributed by atoms with Crippen LogP contribution in [-0.4, -0.2) is 40.0 Å². The quantitative estimate of drug-likeness (QED) is 0.474. The van der Waals surface area contributed by atoms with Crippen molar-refractivity contribution in [2.75, 3.05) is 16.4 Å². The minimum atomic E-state index is -0.874. The van der Waals surface area contributed by atoms with Crippen LogP contribution in [0.25, 0.3) is 0 Å². The van der Waals surface area contributed by atoms with E-state index in [0.29, 0.717) is 16.1 Å². The standard InChI is InChI=1S/C20H26N4O3S2/c1-13-7-6-10-16(11-13)21-18(26)14(2)27-17(25)12-28-20-24-23-19(29-20)22-15-8-4-3-5-9-15/h6-7,10-11,14-15H,3-5,8-9,12H2,1-2H3,(H,21,26)(H,22,23). The van der Waals surface area contributed by atoms with Crippen LogP contribution in [0.15, 0.2) is 28.6 Å². The number of nitrogens with zero attached hydrogens (tertiary/aromatic N) is 2. The van der Waals surface area contributed by atoms with Crippen LogP contribution in [0.3, 0.4) is 0 Å². The van der Waals surface area contributed by atoms with Gasteiger partial charge in [0.05, 0.1) is 5.75 Å². The lowest BCUT2D eigenvalue weighted by molar-refractivity contribution is -0.150. The van der Waals surface area contributed by atoms with Gasteiger partial charge in [-0.25, -0.2) is 0 Å². The number of thioether (sulfide) groups is 1. The second-order valence-corrected chi connectivity index (χ2v) is 9.33. The highest BCUT2D eigenvalue weighted by Gasteiger charge is 2.19. The molecule has 1 aliphatic rings. The van der Waals surface area contributed by atoms with Crippen LogP contribution in [-0.2, 0) is 14.3 Å². The summed E-state index contributed by atoms with van der Waals surface area (Å²) < 4.78 is 5.94. The fourth-order valence-electron chi connectivity index (χ4n) is 3.12. The summed E-state index contributed by atoms with van der Waals surface area (Å²) in [5, 5.41) is 15.2. The maximum Gasteiger partial charge on any atom is 0.317 e. The van der Waals surface area contributed by atoms with Gasteiger partial charge in [-0.15, -0.1) is 10.2 Å². The van der Waals surface area contributed by atoms with Crippen molar-refractivity contribution in [1.29, 1.82) is 0 Å². The van der Waals surface area contributed by atoms with E-state index in [2.05, 4.69) is 20.8 Å². The Morgan fingerprint density at radius 2 is 2.07 bits per heavy atom. The molecule has 1 saturated carbocycles. The number of carbonyl (C=O) groups is 2. The molecule has 1 aromatic carbocycles. The topological polar surface area (TPSA) is 93.2 Å². The smallest absolute Gasteiger partial charge is 0.317 e. The summed E-state index contributed by atoms with van der Waals surface area (Å²) in [5.41, 5.74) is 1.72. The SMILES string of the molecule is Cc1cccc(NC(=O)C(C)OC(=O)CSc2nnc(NC3CCCCC3)s2)c1. The van der Waals surface area contributed by atoms with Crippen LogP contribution in [0.1, 0.15) is 44.6 Å². The molecule has 1 fully saturated rings. The van der Waals surface area contributed by atoms with E-state index in [-0.39, 0.29) is 11.7 Å². The van der Waals surface area contributed by atoms with Gasteiger partial charge in [-0.2, -0.15) is 0 Å². The number of benzene rings is 1. The molecule has 1 heterocycles. The third-order valence-electron chi connectivity index (χ3n) is 4.62. The van der Waals surface area contributed by atoms with E-state index in [0.717, 1.165) is 23.5 Å². The minimum absolute atomic E-state index is 0.0835. The van der Waals surface area contributed by atoms with E-state index >= 15 is 0 Å². The average Bonchev–Trinajstić information content (AvgIpc) is 3.14. The average molecular weight is 435 g/mol. The highest BCUT2D eigenvalue weighted by molar-refractivity contribution is 8.01. The van der Waals surface area contributed by atoms with E-state index in [1.54, 1.807) is 13.0 Å². The summed E-state index contributed by atoms with van der Waals surface area (Å²) in [6.45, 7) is 3.50. The Labute approximate surface area is 179 Å². The fraction of sp³-hybridized carbons (Fsp3) is 0.500. The van der Waals surface area contributed by atoms with Crippen molar-refractivity contribution in [1.82, 2.24) is 10.2 Å². The molecule has 1 aromatic heterocycles. The van der Waals surface area contributed by atoms with Crippen LogP contribution in [0.2, 0.25) is 0 Å². The number of aromatic nitrogens is 2. The van der Waals surface area contributed by atoms with E-state index < -0.39 is 12.1 Å². The number of hydrogen-bond acceptors (Lipinski definition) is 8. The third-order valence-corrected chi connectivity index (χ3v) is 6.58.